The van der Waals surface area contributed by atoms with Crippen molar-refractivity contribution in [1.29, 1.82) is 0 Å². The zero-order valence-corrected chi connectivity index (χ0v) is 16.2. The topological polar surface area (TPSA) is 84.9 Å². The highest BCUT2D eigenvalue weighted by Gasteiger charge is 2.24. The Morgan fingerprint density at radius 2 is 1.79 bits per heavy atom. The van der Waals surface area contributed by atoms with Crippen LogP contribution in [0.5, 0.6) is 0 Å². The molecule has 1 amide bonds. The molecule has 0 fully saturated rings. The zero-order chi connectivity index (χ0) is 18.4. The van der Waals surface area contributed by atoms with E-state index in [4.69, 9.17) is 9.47 Å². The number of ether oxygens (including phenoxy) is 2. The third kappa shape index (κ3) is 13.5. The molecule has 0 saturated carbocycles. The molecule has 0 aliphatic carbocycles. The summed E-state index contributed by atoms with van der Waals surface area (Å²) in [6.45, 7) is 7.12. The minimum atomic E-state index is -1.10. The standard InChI is InChI=1S/C17H33NO5S/c1-5-6-7-8-11-24-12-9-10-22-15(20)14(13-19)18-16(21)23-17(2,3)4/h14,19H,5-13H2,1-4H3,(H,18,21)/t14-/m0/s1. The highest BCUT2D eigenvalue weighted by atomic mass is 32.2. The number of esters is 1. The number of thioether (sulfide) groups is 1. The van der Waals surface area contributed by atoms with Gasteiger partial charge in [-0.1, -0.05) is 26.2 Å². The maximum Gasteiger partial charge on any atom is 0.408 e. The van der Waals surface area contributed by atoms with Crippen LogP contribution in [0.15, 0.2) is 0 Å². The molecule has 7 heteroatoms. The van der Waals surface area contributed by atoms with Gasteiger partial charge in [0.05, 0.1) is 13.2 Å². The summed E-state index contributed by atoms with van der Waals surface area (Å²) in [5.74, 6) is 1.42. The van der Waals surface area contributed by atoms with Gasteiger partial charge >= 0.3 is 12.1 Å². The Hall–Kier alpha value is -0.950. The quantitative estimate of drug-likeness (QED) is 0.409. The molecule has 0 radical (unpaired) electrons. The fourth-order valence-electron chi connectivity index (χ4n) is 1.80. The number of carbonyl (C=O) groups is 2. The average Bonchev–Trinajstić information content (AvgIpc) is 2.49. The zero-order valence-electron chi connectivity index (χ0n) is 15.4. The average molecular weight is 364 g/mol. The molecule has 0 heterocycles. The smallest absolute Gasteiger partial charge is 0.408 e. The van der Waals surface area contributed by atoms with Gasteiger partial charge in [-0.3, -0.25) is 0 Å². The Balaban J connectivity index is 3.81. The molecule has 0 aromatic heterocycles. The lowest BCUT2D eigenvalue weighted by Gasteiger charge is -2.22. The van der Waals surface area contributed by atoms with Crippen molar-refractivity contribution < 1.29 is 24.2 Å². The molecule has 0 aliphatic heterocycles. The van der Waals surface area contributed by atoms with E-state index in [1.165, 1.54) is 25.7 Å². The van der Waals surface area contributed by atoms with E-state index < -0.39 is 30.3 Å². The summed E-state index contributed by atoms with van der Waals surface area (Å²) >= 11 is 1.86. The molecule has 6 nitrogen and oxygen atoms in total. The molecule has 0 saturated heterocycles. The van der Waals surface area contributed by atoms with Crippen LogP contribution in [-0.2, 0) is 14.3 Å². The van der Waals surface area contributed by atoms with Crippen molar-refractivity contribution in [1.82, 2.24) is 5.32 Å². The number of unbranched alkanes of at least 4 members (excludes halogenated alkanes) is 3. The van der Waals surface area contributed by atoms with E-state index in [0.717, 1.165) is 17.9 Å². The molecule has 0 aliphatic rings. The summed E-state index contributed by atoms with van der Waals surface area (Å²) in [5.41, 5.74) is -0.664. The Bertz CT molecular complexity index is 357. The van der Waals surface area contributed by atoms with Crippen LogP contribution in [0.4, 0.5) is 4.79 Å². The predicted octanol–water partition coefficient (Wildman–Crippen LogP) is 3.12. The van der Waals surface area contributed by atoms with Gasteiger partial charge in [0.1, 0.15) is 5.60 Å². The highest BCUT2D eigenvalue weighted by molar-refractivity contribution is 7.99. The van der Waals surface area contributed by atoms with Crippen molar-refractivity contribution in [2.24, 2.45) is 0 Å². The second-order valence-electron chi connectivity index (χ2n) is 6.58. The van der Waals surface area contributed by atoms with Gasteiger partial charge in [0.2, 0.25) is 0 Å². The van der Waals surface area contributed by atoms with Crippen LogP contribution < -0.4 is 5.32 Å². The summed E-state index contributed by atoms with van der Waals surface area (Å²) in [6, 6.07) is -1.10. The summed E-state index contributed by atoms with van der Waals surface area (Å²) in [7, 11) is 0. The van der Waals surface area contributed by atoms with E-state index in [-0.39, 0.29) is 6.61 Å². The largest absolute Gasteiger partial charge is 0.464 e. The first-order valence-corrected chi connectivity index (χ1v) is 9.80. The lowest BCUT2D eigenvalue weighted by molar-refractivity contribution is -0.147. The summed E-state index contributed by atoms with van der Waals surface area (Å²) < 4.78 is 10.1. The van der Waals surface area contributed by atoms with Crippen LogP contribution in [0, 0.1) is 0 Å². The van der Waals surface area contributed by atoms with Crippen LogP contribution in [0.25, 0.3) is 0 Å². The summed E-state index contributed by atoms with van der Waals surface area (Å²) in [4.78, 5) is 23.4. The Morgan fingerprint density at radius 1 is 1.12 bits per heavy atom. The van der Waals surface area contributed by atoms with E-state index in [2.05, 4.69) is 12.2 Å². The number of amides is 1. The van der Waals surface area contributed by atoms with Crippen molar-refractivity contribution in [3.63, 3.8) is 0 Å². The fourth-order valence-corrected chi connectivity index (χ4v) is 2.73. The third-order valence-electron chi connectivity index (χ3n) is 2.98. The maximum absolute atomic E-state index is 11.8. The Morgan fingerprint density at radius 3 is 2.38 bits per heavy atom. The highest BCUT2D eigenvalue weighted by Crippen LogP contribution is 2.09. The number of aliphatic hydroxyl groups excluding tert-OH is 1. The van der Waals surface area contributed by atoms with Gasteiger partial charge in [-0.25, -0.2) is 9.59 Å². The molecule has 0 aromatic carbocycles. The molecule has 0 unspecified atom stereocenters. The van der Waals surface area contributed by atoms with Gasteiger partial charge in [-0.05, 0) is 45.1 Å². The molecule has 0 aromatic rings. The minimum absolute atomic E-state index is 0.285. The Labute approximate surface area is 150 Å². The normalized spacial score (nSPS) is 12.5. The number of carbonyl (C=O) groups excluding carboxylic acids is 2. The molecule has 142 valence electrons. The molecular formula is C17H33NO5S. The fraction of sp³-hybridized carbons (Fsp3) is 0.882. The molecule has 0 bridgehead atoms. The van der Waals surface area contributed by atoms with Crippen LogP contribution >= 0.6 is 11.8 Å². The van der Waals surface area contributed by atoms with E-state index in [0.29, 0.717) is 0 Å². The molecule has 1 atom stereocenters. The van der Waals surface area contributed by atoms with Crippen molar-refractivity contribution >= 4 is 23.8 Å². The van der Waals surface area contributed by atoms with Gasteiger partial charge in [-0.15, -0.1) is 0 Å². The van der Waals surface area contributed by atoms with Gasteiger partial charge < -0.3 is 19.9 Å². The first kappa shape index (κ1) is 23.1. The lowest BCUT2D eigenvalue weighted by atomic mass is 10.2. The number of hydrogen-bond acceptors (Lipinski definition) is 6. The van der Waals surface area contributed by atoms with Gasteiger partial charge in [-0.2, -0.15) is 11.8 Å². The van der Waals surface area contributed by atoms with Crippen molar-refractivity contribution in [2.45, 2.75) is 71.4 Å². The number of hydrogen-bond donors (Lipinski definition) is 2. The van der Waals surface area contributed by atoms with Crippen LogP contribution in [0.2, 0.25) is 0 Å². The molecule has 0 rings (SSSR count). The second-order valence-corrected chi connectivity index (χ2v) is 7.80. The van der Waals surface area contributed by atoms with Gasteiger partial charge in [0, 0.05) is 0 Å². The Kier molecular flexibility index (Phi) is 12.8. The number of nitrogens with one attached hydrogen (secondary N) is 1. The van der Waals surface area contributed by atoms with Crippen LogP contribution in [0.3, 0.4) is 0 Å². The van der Waals surface area contributed by atoms with Gasteiger partial charge in [0.15, 0.2) is 6.04 Å². The van der Waals surface area contributed by atoms with Crippen LogP contribution in [0.1, 0.15) is 59.8 Å². The maximum atomic E-state index is 11.8. The van der Waals surface area contributed by atoms with Gasteiger partial charge in [0.25, 0.3) is 0 Å². The minimum Gasteiger partial charge on any atom is -0.464 e. The molecule has 0 spiro atoms. The molecular weight excluding hydrogens is 330 g/mol. The number of rotatable bonds is 12. The predicted molar refractivity (Wildman–Crippen MR) is 97.3 cm³/mol. The van der Waals surface area contributed by atoms with Crippen molar-refractivity contribution in [3.8, 4) is 0 Å². The second kappa shape index (κ2) is 13.4. The van der Waals surface area contributed by atoms with E-state index in [1.807, 2.05) is 11.8 Å². The van der Waals surface area contributed by atoms with Crippen LogP contribution in [-0.4, -0.2) is 53.5 Å². The van der Waals surface area contributed by atoms with E-state index in [1.54, 1.807) is 20.8 Å². The van der Waals surface area contributed by atoms with Crippen molar-refractivity contribution in [3.05, 3.63) is 0 Å². The number of alkyl carbamates (subject to hydrolysis) is 1. The summed E-state index contributed by atoms with van der Waals surface area (Å²) in [6.07, 6.45) is 5.03. The first-order chi connectivity index (χ1) is 11.3. The molecule has 24 heavy (non-hydrogen) atoms. The summed E-state index contributed by atoms with van der Waals surface area (Å²) in [5, 5.41) is 11.5. The monoisotopic (exact) mass is 363 g/mol. The first-order valence-electron chi connectivity index (χ1n) is 8.65. The lowest BCUT2D eigenvalue weighted by Crippen LogP contribution is -2.46. The molecule has 2 N–H and O–H groups in total. The third-order valence-corrected chi connectivity index (χ3v) is 4.13. The van der Waals surface area contributed by atoms with E-state index >= 15 is 0 Å². The number of aliphatic hydroxyl groups is 1. The SMILES string of the molecule is CCCCCCSCCCOC(=O)[C@H](CO)NC(=O)OC(C)(C)C. The van der Waals surface area contributed by atoms with Crippen molar-refractivity contribution in [2.75, 3.05) is 24.7 Å². The van der Waals surface area contributed by atoms with E-state index in [9.17, 15) is 14.7 Å².